The summed E-state index contributed by atoms with van der Waals surface area (Å²) in [5, 5.41) is 44.3. The minimum absolute atomic E-state index is 0.00668. The van der Waals surface area contributed by atoms with E-state index in [-0.39, 0.29) is 24.3 Å². The van der Waals surface area contributed by atoms with Crippen molar-refractivity contribution in [3.05, 3.63) is 104 Å². The van der Waals surface area contributed by atoms with Crippen LogP contribution < -0.4 is 20.3 Å². The third-order valence-electron chi connectivity index (χ3n) is 5.27. The average Bonchev–Trinajstić information content (AvgIpc) is 2.85. The fraction of sp³-hybridized carbons (Fsp3) is 0.167. The molecule has 0 aliphatic rings. The molecule has 38 heavy (non-hydrogen) atoms. The minimum atomic E-state index is -1.17. The summed E-state index contributed by atoms with van der Waals surface area (Å²) in [6, 6.07) is 15.7. The molecule has 0 saturated heterocycles. The van der Waals surface area contributed by atoms with E-state index in [1.807, 2.05) is 0 Å². The van der Waals surface area contributed by atoms with Crippen LogP contribution in [0.4, 0.5) is 11.4 Å². The molecule has 0 fully saturated rings. The second kappa shape index (κ2) is 12.5. The fourth-order valence-electron chi connectivity index (χ4n) is 3.53. The zero-order chi connectivity index (χ0) is 27.7. The Kier molecular flexibility index (Phi) is 8.96. The Hall–Kier alpha value is -5.40. The van der Waals surface area contributed by atoms with E-state index in [0.29, 0.717) is 22.5 Å². The molecule has 198 valence electrons. The lowest BCUT2D eigenvalue weighted by molar-refractivity contribution is -0.711. The number of para-hydroxylation sites is 2. The van der Waals surface area contributed by atoms with Crippen molar-refractivity contribution >= 4 is 23.3 Å². The van der Waals surface area contributed by atoms with Crippen molar-refractivity contribution in [3.8, 4) is 11.5 Å². The smallest absolute Gasteiger partial charge is 0.326 e. The van der Waals surface area contributed by atoms with Crippen molar-refractivity contribution in [2.24, 2.45) is 0 Å². The highest BCUT2D eigenvalue weighted by molar-refractivity contribution is 5.83. The van der Waals surface area contributed by atoms with Crippen LogP contribution in [0.5, 0.6) is 11.5 Å². The SMILES string of the molecule is O=C(O)[C@H](Cc1ccc(O[N+](=O)[O-])cc1)Nc1ccccc1N[C@@H](Cc1ccc(O[N+](=O)[O-])cc1)C(=O)O. The van der Waals surface area contributed by atoms with E-state index < -0.39 is 34.2 Å². The normalized spacial score (nSPS) is 12.0. The molecule has 0 heterocycles. The van der Waals surface area contributed by atoms with Gasteiger partial charge in [-0.1, -0.05) is 36.4 Å². The van der Waals surface area contributed by atoms with Crippen LogP contribution in [0.15, 0.2) is 72.8 Å². The third kappa shape index (κ3) is 8.08. The van der Waals surface area contributed by atoms with E-state index >= 15 is 0 Å². The van der Waals surface area contributed by atoms with Crippen LogP contribution in [0.2, 0.25) is 0 Å². The summed E-state index contributed by atoms with van der Waals surface area (Å²) < 4.78 is 0. The summed E-state index contributed by atoms with van der Waals surface area (Å²) in [5.74, 6) is -2.35. The van der Waals surface area contributed by atoms with Gasteiger partial charge in [-0.25, -0.2) is 9.59 Å². The first-order valence-electron chi connectivity index (χ1n) is 11.0. The second-order valence-electron chi connectivity index (χ2n) is 7.94. The molecule has 0 radical (unpaired) electrons. The molecule has 0 saturated carbocycles. The Bertz CT molecular complexity index is 1200. The van der Waals surface area contributed by atoms with Gasteiger partial charge < -0.3 is 20.8 Å². The molecular formula is C24H22N4O10. The summed E-state index contributed by atoms with van der Waals surface area (Å²) in [5.41, 5.74) is 1.82. The topological polar surface area (TPSA) is 203 Å². The van der Waals surface area contributed by atoms with Crippen molar-refractivity contribution in [3.63, 3.8) is 0 Å². The number of hydrogen-bond acceptors (Lipinski definition) is 10. The van der Waals surface area contributed by atoms with Crippen molar-refractivity contribution in [1.29, 1.82) is 0 Å². The molecule has 0 aliphatic carbocycles. The number of aliphatic carboxylic acids is 2. The first-order chi connectivity index (χ1) is 18.1. The molecule has 0 amide bonds. The molecule has 14 heteroatoms. The van der Waals surface area contributed by atoms with Gasteiger partial charge in [-0.2, -0.15) is 0 Å². The zero-order valence-corrected chi connectivity index (χ0v) is 19.6. The second-order valence-corrected chi connectivity index (χ2v) is 7.94. The zero-order valence-electron chi connectivity index (χ0n) is 19.6. The molecule has 3 rings (SSSR count). The molecule has 2 atom stereocenters. The lowest BCUT2D eigenvalue weighted by Gasteiger charge is -2.22. The van der Waals surface area contributed by atoms with Crippen LogP contribution in [0.1, 0.15) is 11.1 Å². The number of carbonyl (C=O) groups is 2. The van der Waals surface area contributed by atoms with E-state index in [1.54, 1.807) is 24.3 Å². The Morgan fingerprint density at radius 2 is 1.03 bits per heavy atom. The predicted octanol–water partition coefficient (Wildman–Crippen LogP) is 3.04. The maximum absolute atomic E-state index is 12.0. The van der Waals surface area contributed by atoms with Gasteiger partial charge >= 0.3 is 11.9 Å². The summed E-state index contributed by atoms with van der Waals surface area (Å²) in [4.78, 5) is 53.5. The number of hydrogen-bond donors (Lipinski definition) is 4. The standard InChI is InChI=1S/C24H22N4O10/c29-23(30)21(13-15-5-9-17(10-6-15)37-27(33)34)25-19-3-1-2-4-20(19)26-22(24(31)32)14-16-7-11-18(12-8-16)38-28(35)36/h1-12,21-22,25-26H,13-14H2,(H,29,30)(H,31,32)/t21-,22-/m0/s1. The monoisotopic (exact) mass is 526 g/mol. The highest BCUT2D eigenvalue weighted by Crippen LogP contribution is 2.25. The molecule has 14 nitrogen and oxygen atoms in total. The first-order valence-corrected chi connectivity index (χ1v) is 11.0. The molecule has 0 bridgehead atoms. The number of benzene rings is 3. The van der Waals surface area contributed by atoms with Gasteiger partial charge in [-0.05, 0) is 47.5 Å². The quantitative estimate of drug-likeness (QED) is 0.177. The molecular weight excluding hydrogens is 504 g/mol. The van der Waals surface area contributed by atoms with Crippen LogP contribution >= 0.6 is 0 Å². The highest BCUT2D eigenvalue weighted by atomic mass is 17.0. The van der Waals surface area contributed by atoms with Gasteiger partial charge in [0.2, 0.25) is 0 Å². The van der Waals surface area contributed by atoms with Crippen molar-refractivity contribution < 1.29 is 39.7 Å². The Morgan fingerprint density at radius 3 is 1.32 bits per heavy atom. The lowest BCUT2D eigenvalue weighted by Crippen LogP contribution is -2.34. The Morgan fingerprint density at radius 1 is 0.684 bits per heavy atom. The van der Waals surface area contributed by atoms with Gasteiger partial charge in [-0.15, -0.1) is 20.2 Å². The molecule has 0 spiro atoms. The molecule has 3 aromatic carbocycles. The van der Waals surface area contributed by atoms with Crippen LogP contribution in [0, 0.1) is 20.2 Å². The van der Waals surface area contributed by atoms with Crippen LogP contribution in [0.25, 0.3) is 0 Å². The van der Waals surface area contributed by atoms with Gasteiger partial charge in [0.1, 0.15) is 23.6 Å². The molecule has 4 N–H and O–H groups in total. The Balaban J connectivity index is 1.73. The summed E-state index contributed by atoms with van der Waals surface area (Å²) in [6.45, 7) is 0. The number of nitrogens with zero attached hydrogens (tertiary/aromatic N) is 2. The maximum atomic E-state index is 12.0. The minimum Gasteiger partial charge on any atom is -0.480 e. The van der Waals surface area contributed by atoms with Crippen LogP contribution in [0.3, 0.4) is 0 Å². The van der Waals surface area contributed by atoms with Gasteiger partial charge in [0, 0.05) is 12.8 Å². The maximum Gasteiger partial charge on any atom is 0.326 e. The van der Waals surface area contributed by atoms with Gasteiger partial charge in [0.15, 0.2) is 0 Å². The van der Waals surface area contributed by atoms with Gasteiger partial charge in [0.25, 0.3) is 10.2 Å². The van der Waals surface area contributed by atoms with Crippen LogP contribution in [-0.2, 0) is 22.4 Å². The lowest BCUT2D eigenvalue weighted by atomic mass is 10.0. The van der Waals surface area contributed by atoms with Crippen molar-refractivity contribution in [2.45, 2.75) is 24.9 Å². The number of carboxylic acid groups (broad SMARTS) is 2. The number of rotatable bonds is 14. The van der Waals surface area contributed by atoms with E-state index in [2.05, 4.69) is 20.3 Å². The third-order valence-corrected chi connectivity index (χ3v) is 5.27. The average molecular weight is 526 g/mol. The summed E-state index contributed by atoms with van der Waals surface area (Å²) in [6.07, 6.45) is 0.0344. The molecule has 0 aromatic heterocycles. The van der Waals surface area contributed by atoms with Crippen LogP contribution in [-0.4, -0.2) is 44.4 Å². The van der Waals surface area contributed by atoms with E-state index in [9.17, 15) is 40.0 Å². The fourth-order valence-corrected chi connectivity index (χ4v) is 3.53. The number of anilines is 2. The van der Waals surface area contributed by atoms with E-state index in [4.69, 9.17) is 0 Å². The summed E-state index contributed by atoms with van der Waals surface area (Å²) in [7, 11) is 0. The first kappa shape index (κ1) is 27.2. The number of carboxylic acids is 2. The molecule has 3 aromatic rings. The van der Waals surface area contributed by atoms with Crippen molar-refractivity contribution in [2.75, 3.05) is 10.6 Å². The molecule has 0 aliphatic heterocycles. The van der Waals surface area contributed by atoms with Gasteiger partial charge in [-0.3, -0.25) is 9.68 Å². The predicted molar refractivity (Wildman–Crippen MR) is 132 cm³/mol. The van der Waals surface area contributed by atoms with Gasteiger partial charge in [0.05, 0.1) is 11.4 Å². The van der Waals surface area contributed by atoms with E-state index in [0.717, 1.165) is 0 Å². The largest absolute Gasteiger partial charge is 0.480 e. The summed E-state index contributed by atoms with van der Waals surface area (Å²) >= 11 is 0. The highest BCUT2D eigenvalue weighted by Gasteiger charge is 2.22. The molecule has 0 unspecified atom stereocenters. The number of nitrogens with one attached hydrogen (secondary N) is 2. The Labute approximate surface area is 214 Å². The van der Waals surface area contributed by atoms with E-state index in [1.165, 1.54) is 48.5 Å². The van der Waals surface area contributed by atoms with Crippen molar-refractivity contribution in [1.82, 2.24) is 0 Å².